The molecule has 4 rings (SSSR count). The number of hydrogen-bond donors (Lipinski definition) is 2. The highest BCUT2D eigenvalue weighted by Gasteiger charge is 2.19. The van der Waals surface area contributed by atoms with E-state index in [0.29, 0.717) is 6.54 Å². The van der Waals surface area contributed by atoms with Crippen LogP contribution in [0.4, 0.5) is 0 Å². The van der Waals surface area contributed by atoms with Crippen LogP contribution >= 0.6 is 0 Å². The maximum Gasteiger partial charge on any atom is 0.252 e. The number of amides is 1. The van der Waals surface area contributed by atoms with Crippen LogP contribution < -0.4 is 5.32 Å². The third-order valence-corrected chi connectivity index (χ3v) is 5.71. The van der Waals surface area contributed by atoms with Crippen molar-refractivity contribution in [1.29, 1.82) is 0 Å². The molecule has 0 radical (unpaired) electrons. The standard InChI is InChI=1S/C21H27N5O/c1-14-18(15(2)25(3)24-14)12-23-21(27)17-7-6-8-19-20(17)16(11-22-19)13-26-9-4-5-10-26/h6-8,11,22H,4-5,9-10,12-13H2,1-3H3,(H,23,27). The minimum atomic E-state index is -0.0366. The first kappa shape index (κ1) is 17.8. The molecule has 0 atom stereocenters. The summed E-state index contributed by atoms with van der Waals surface area (Å²) in [7, 11) is 1.93. The van der Waals surface area contributed by atoms with Gasteiger partial charge in [0.1, 0.15) is 0 Å². The summed E-state index contributed by atoms with van der Waals surface area (Å²) in [5.74, 6) is -0.0366. The van der Waals surface area contributed by atoms with E-state index >= 15 is 0 Å². The number of likely N-dealkylation sites (tertiary alicyclic amines) is 1. The van der Waals surface area contributed by atoms with Gasteiger partial charge in [0.25, 0.3) is 5.91 Å². The molecule has 6 heteroatoms. The third-order valence-electron chi connectivity index (χ3n) is 5.71. The van der Waals surface area contributed by atoms with Crippen molar-refractivity contribution in [2.24, 2.45) is 7.05 Å². The number of fused-ring (bicyclic) bond motifs is 1. The van der Waals surface area contributed by atoms with Gasteiger partial charge in [-0.05, 0) is 57.5 Å². The van der Waals surface area contributed by atoms with Crippen molar-refractivity contribution < 1.29 is 4.79 Å². The summed E-state index contributed by atoms with van der Waals surface area (Å²) in [5.41, 5.74) is 6.09. The van der Waals surface area contributed by atoms with Crippen molar-refractivity contribution in [3.8, 4) is 0 Å². The van der Waals surface area contributed by atoms with E-state index in [-0.39, 0.29) is 5.91 Å². The lowest BCUT2D eigenvalue weighted by atomic mass is 10.0. The van der Waals surface area contributed by atoms with Gasteiger partial charge < -0.3 is 10.3 Å². The Morgan fingerprint density at radius 3 is 2.74 bits per heavy atom. The lowest BCUT2D eigenvalue weighted by Gasteiger charge is -2.14. The highest BCUT2D eigenvalue weighted by Crippen LogP contribution is 2.25. The number of aromatic nitrogens is 3. The second-order valence-corrected chi connectivity index (χ2v) is 7.48. The minimum absolute atomic E-state index is 0.0366. The first-order valence-corrected chi connectivity index (χ1v) is 9.63. The van der Waals surface area contributed by atoms with Crippen LogP contribution in [0.3, 0.4) is 0 Å². The largest absolute Gasteiger partial charge is 0.361 e. The van der Waals surface area contributed by atoms with E-state index in [4.69, 9.17) is 0 Å². The van der Waals surface area contributed by atoms with Crippen LogP contribution in [-0.2, 0) is 20.1 Å². The van der Waals surface area contributed by atoms with Crippen molar-refractivity contribution in [3.05, 3.63) is 52.5 Å². The molecule has 142 valence electrons. The molecule has 3 aromatic rings. The highest BCUT2D eigenvalue weighted by molar-refractivity contribution is 6.07. The smallest absolute Gasteiger partial charge is 0.252 e. The molecule has 6 nitrogen and oxygen atoms in total. The predicted molar refractivity (Wildman–Crippen MR) is 107 cm³/mol. The van der Waals surface area contributed by atoms with E-state index in [1.165, 1.54) is 18.4 Å². The average molecular weight is 365 g/mol. The van der Waals surface area contributed by atoms with Crippen molar-refractivity contribution in [1.82, 2.24) is 25.0 Å². The number of aromatic amines is 1. The zero-order valence-corrected chi connectivity index (χ0v) is 16.3. The van der Waals surface area contributed by atoms with Gasteiger partial charge in [0.05, 0.1) is 5.69 Å². The van der Waals surface area contributed by atoms with E-state index in [9.17, 15) is 4.79 Å². The van der Waals surface area contributed by atoms with Crippen molar-refractivity contribution in [2.75, 3.05) is 13.1 Å². The lowest BCUT2D eigenvalue weighted by Crippen LogP contribution is -2.24. The van der Waals surface area contributed by atoms with Crippen molar-refractivity contribution >= 4 is 16.8 Å². The van der Waals surface area contributed by atoms with Gasteiger partial charge in [0.2, 0.25) is 0 Å². The quantitative estimate of drug-likeness (QED) is 0.730. The molecule has 0 aliphatic carbocycles. The molecule has 0 bridgehead atoms. The Balaban J connectivity index is 1.58. The maximum atomic E-state index is 13.0. The van der Waals surface area contributed by atoms with Crippen molar-refractivity contribution in [3.63, 3.8) is 0 Å². The topological polar surface area (TPSA) is 66.0 Å². The molecule has 2 N–H and O–H groups in total. The summed E-state index contributed by atoms with van der Waals surface area (Å²) >= 11 is 0. The highest BCUT2D eigenvalue weighted by atomic mass is 16.1. The molecule has 1 saturated heterocycles. The second kappa shape index (κ2) is 7.19. The molecule has 0 spiro atoms. The van der Waals surface area contributed by atoms with Crippen LogP contribution in [0.2, 0.25) is 0 Å². The fraction of sp³-hybridized carbons (Fsp3) is 0.429. The second-order valence-electron chi connectivity index (χ2n) is 7.48. The van der Waals surface area contributed by atoms with Gasteiger partial charge in [0, 0.05) is 54.1 Å². The summed E-state index contributed by atoms with van der Waals surface area (Å²) < 4.78 is 1.86. The van der Waals surface area contributed by atoms with Crippen LogP contribution in [0, 0.1) is 13.8 Å². The Labute approximate surface area is 159 Å². The molecule has 3 heterocycles. The normalized spacial score (nSPS) is 14.9. The number of nitrogens with zero attached hydrogens (tertiary/aromatic N) is 3. The number of hydrogen-bond acceptors (Lipinski definition) is 3. The molecule has 1 aromatic carbocycles. The van der Waals surface area contributed by atoms with Gasteiger partial charge in [-0.3, -0.25) is 14.4 Å². The summed E-state index contributed by atoms with van der Waals surface area (Å²) in [5, 5.41) is 8.57. The molecule has 1 aliphatic heterocycles. The molecule has 1 amide bonds. The Morgan fingerprint density at radius 2 is 2.04 bits per heavy atom. The minimum Gasteiger partial charge on any atom is -0.361 e. The first-order valence-electron chi connectivity index (χ1n) is 9.63. The number of H-pyrrole nitrogens is 1. The van der Waals surface area contributed by atoms with Crippen LogP contribution in [0.5, 0.6) is 0 Å². The van der Waals surface area contributed by atoms with Gasteiger partial charge in [-0.15, -0.1) is 0 Å². The van der Waals surface area contributed by atoms with Crippen LogP contribution in [-0.4, -0.2) is 38.7 Å². The summed E-state index contributed by atoms with van der Waals surface area (Å²) in [6.07, 6.45) is 4.58. The SMILES string of the molecule is Cc1nn(C)c(C)c1CNC(=O)c1cccc2[nH]cc(CN3CCCC3)c12. The molecule has 1 aliphatic rings. The van der Waals surface area contributed by atoms with Gasteiger partial charge in [-0.2, -0.15) is 5.10 Å². The number of aryl methyl sites for hydroxylation is 2. The molecule has 27 heavy (non-hydrogen) atoms. The van der Waals surface area contributed by atoms with Gasteiger partial charge >= 0.3 is 0 Å². The van der Waals surface area contributed by atoms with Gasteiger partial charge in [0.15, 0.2) is 0 Å². The van der Waals surface area contributed by atoms with Gasteiger partial charge in [-0.1, -0.05) is 6.07 Å². The van der Waals surface area contributed by atoms with Crippen molar-refractivity contribution in [2.45, 2.75) is 39.8 Å². The Morgan fingerprint density at radius 1 is 1.26 bits per heavy atom. The van der Waals surface area contributed by atoms with E-state index in [1.807, 2.05) is 43.8 Å². The number of benzene rings is 1. The molecular formula is C21H27N5O. The summed E-state index contributed by atoms with van der Waals surface area (Å²) in [6.45, 7) is 7.68. The maximum absolute atomic E-state index is 13.0. The molecular weight excluding hydrogens is 338 g/mol. The monoisotopic (exact) mass is 365 g/mol. The van der Waals surface area contributed by atoms with E-state index in [2.05, 4.69) is 26.5 Å². The van der Waals surface area contributed by atoms with Crippen LogP contribution in [0.25, 0.3) is 10.9 Å². The zero-order chi connectivity index (χ0) is 19.0. The molecule has 0 saturated carbocycles. The van der Waals surface area contributed by atoms with Crippen LogP contribution in [0.1, 0.15) is 45.7 Å². The Bertz CT molecular complexity index is 978. The molecule has 0 unspecified atom stereocenters. The van der Waals surface area contributed by atoms with E-state index < -0.39 is 0 Å². The lowest BCUT2D eigenvalue weighted by molar-refractivity contribution is 0.0952. The zero-order valence-electron chi connectivity index (χ0n) is 16.3. The van der Waals surface area contributed by atoms with E-state index in [1.54, 1.807) is 0 Å². The molecule has 2 aromatic heterocycles. The fourth-order valence-electron chi connectivity index (χ4n) is 4.09. The summed E-state index contributed by atoms with van der Waals surface area (Å²) in [6, 6.07) is 5.89. The predicted octanol–water partition coefficient (Wildman–Crippen LogP) is 3.04. The Kier molecular flexibility index (Phi) is 4.74. The van der Waals surface area contributed by atoms with Crippen LogP contribution in [0.15, 0.2) is 24.4 Å². The fourth-order valence-corrected chi connectivity index (χ4v) is 4.09. The Hall–Kier alpha value is -2.60. The summed E-state index contributed by atoms with van der Waals surface area (Å²) in [4.78, 5) is 18.8. The number of carbonyl (C=O) groups excluding carboxylic acids is 1. The first-order chi connectivity index (χ1) is 13.0. The number of rotatable bonds is 5. The average Bonchev–Trinajstić information content (AvgIpc) is 3.36. The van der Waals surface area contributed by atoms with E-state index in [0.717, 1.165) is 53.1 Å². The third kappa shape index (κ3) is 3.37. The van der Waals surface area contributed by atoms with Gasteiger partial charge in [-0.25, -0.2) is 0 Å². The molecule has 1 fully saturated rings. The number of carbonyl (C=O) groups is 1. The number of nitrogens with one attached hydrogen (secondary N) is 2.